The van der Waals surface area contributed by atoms with Crippen LogP contribution in [-0.2, 0) is 6.54 Å². The van der Waals surface area contributed by atoms with E-state index >= 15 is 0 Å². The lowest BCUT2D eigenvalue weighted by Gasteiger charge is -2.41. The first-order valence-corrected chi connectivity index (χ1v) is 10.2. The van der Waals surface area contributed by atoms with Gasteiger partial charge in [-0.25, -0.2) is 9.67 Å². The van der Waals surface area contributed by atoms with Crippen molar-refractivity contribution in [2.45, 2.75) is 39.0 Å². The van der Waals surface area contributed by atoms with Gasteiger partial charge in [0, 0.05) is 32.2 Å². The molecule has 1 aliphatic rings. The van der Waals surface area contributed by atoms with Gasteiger partial charge in [-0.2, -0.15) is 5.10 Å². The van der Waals surface area contributed by atoms with Gasteiger partial charge < -0.3 is 10.1 Å². The molecule has 0 radical (unpaired) electrons. The number of rotatable bonds is 6. The molecule has 2 aromatic heterocycles. The zero-order valence-electron chi connectivity index (χ0n) is 17.0. The molecule has 3 aromatic rings. The number of aliphatic hydroxyl groups is 1. The number of benzene rings is 1. The lowest BCUT2D eigenvalue weighted by atomic mass is 10.1. The van der Waals surface area contributed by atoms with Gasteiger partial charge in [0.1, 0.15) is 11.2 Å². The topological polar surface area (TPSA) is 90.3 Å². The Morgan fingerprint density at radius 2 is 2.07 bits per heavy atom. The van der Waals surface area contributed by atoms with Crippen LogP contribution in [0.15, 0.2) is 41.3 Å². The highest BCUT2D eigenvalue weighted by Crippen LogP contribution is 2.17. The van der Waals surface area contributed by atoms with Crippen LogP contribution in [0.2, 0.25) is 0 Å². The van der Waals surface area contributed by atoms with Crippen molar-refractivity contribution in [2.24, 2.45) is 0 Å². The molecule has 1 saturated heterocycles. The predicted octanol–water partition coefficient (Wildman–Crippen LogP) is 1.39. The Morgan fingerprint density at radius 1 is 1.28 bits per heavy atom. The van der Waals surface area contributed by atoms with Crippen LogP contribution in [0.1, 0.15) is 26.1 Å². The Kier molecular flexibility index (Phi) is 5.75. The normalized spacial score (nSPS) is 19.6. The molecular formula is C21H28N6O2. The monoisotopic (exact) mass is 396 g/mol. The van der Waals surface area contributed by atoms with Gasteiger partial charge in [-0.05, 0) is 25.5 Å². The summed E-state index contributed by atoms with van der Waals surface area (Å²) in [7, 11) is 0. The van der Waals surface area contributed by atoms with Crippen molar-refractivity contribution in [3.63, 3.8) is 0 Å². The quantitative estimate of drug-likeness (QED) is 0.654. The number of aromatic amines is 1. The number of fused-ring (bicyclic) bond motifs is 1. The third-order valence-corrected chi connectivity index (χ3v) is 5.52. The minimum atomic E-state index is -0.325. The molecule has 1 aliphatic heterocycles. The number of nitrogens with zero attached hydrogens (tertiary/aromatic N) is 5. The van der Waals surface area contributed by atoms with Crippen molar-refractivity contribution in [2.75, 3.05) is 26.2 Å². The molecule has 1 fully saturated rings. The summed E-state index contributed by atoms with van der Waals surface area (Å²) in [6.07, 6.45) is 2.27. The van der Waals surface area contributed by atoms with Crippen LogP contribution in [0, 0.1) is 0 Å². The largest absolute Gasteiger partial charge is 0.392 e. The second-order valence-electron chi connectivity index (χ2n) is 7.78. The van der Waals surface area contributed by atoms with Crippen LogP contribution in [0.3, 0.4) is 0 Å². The average molecular weight is 396 g/mol. The Hall–Kier alpha value is -2.55. The van der Waals surface area contributed by atoms with E-state index in [9.17, 15) is 9.90 Å². The summed E-state index contributed by atoms with van der Waals surface area (Å²) in [5.74, 6) is 0.652. The van der Waals surface area contributed by atoms with Crippen LogP contribution in [0.4, 0.5) is 0 Å². The molecule has 3 heterocycles. The maximum atomic E-state index is 12.6. The van der Waals surface area contributed by atoms with Gasteiger partial charge >= 0.3 is 0 Å². The molecule has 0 saturated carbocycles. The molecule has 0 spiro atoms. The highest BCUT2D eigenvalue weighted by molar-refractivity contribution is 5.75. The first-order chi connectivity index (χ1) is 14.0. The fourth-order valence-corrected chi connectivity index (χ4v) is 4.08. The molecule has 8 nitrogen and oxygen atoms in total. The van der Waals surface area contributed by atoms with Crippen LogP contribution >= 0.6 is 0 Å². The second-order valence-corrected chi connectivity index (χ2v) is 7.78. The summed E-state index contributed by atoms with van der Waals surface area (Å²) >= 11 is 0. The molecule has 154 valence electrons. The molecule has 1 aromatic carbocycles. The Balaban J connectivity index is 1.57. The number of para-hydroxylation sites is 1. The van der Waals surface area contributed by atoms with E-state index in [2.05, 4.69) is 26.8 Å². The zero-order chi connectivity index (χ0) is 20.4. The van der Waals surface area contributed by atoms with E-state index in [1.165, 1.54) is 0 Å². The van der Waals surface area contributed by atoms with Gasteiger partial charge in [-0.3, -0.25) is 14.6 Å². The predicted molar refractivity (Wildman–Crippen MR) is 112 cm³/mol. The summed E-state index contributed by atoms with van der Waals surface area (Å²) in [5, 5.41) is 14.6. The molecule has 0 bridgehead atoms. The molecule has 0 amide bonds. The first-order valence-electron chi connectivity index (χ1n) is 10.2. The lowest BCUT2D eigenvalue weighted by molar-refractivity contribution is 0.0329. The van der Waals surface area contributed by atoms with Gasteiger partial charge in [-0.1, -0.05) is 25.1 Å². The van der Waals surface area contributed by atoms with Gasteiger partial charge in [0.05, 0.1) is 24.5 Å². The average Bonchev–Trinajstić information content (AvgIpc) is 3.14. The molecule has 8 heteroatoms. The maximum Gasteiger partial charge on any atom is 0.262 e. The SMILES string of the molecule is CCC1CN(Cc2nc3c(cnn3-c3ccccc3)c(=O)[nH]2)CCN1CC(C)O. The van der Waals surface area contributed by atoms with E-state index in [4.69, 9.17) is 4.98 Å². The fraction of sp³-hybridized carbons (Fsp3) is 0.476. The van der Waals surface area contributed by atoms with Gasteiger partial charge in [0.15, 0.2) is 5.65 Å². The maximum absolute atomic E-state index is 12.6. The minimum Gasteiger partial charge on any atom is -0.392 e. The number of hydrogen-bond donors (Lipinski definition) is 2. The van der Waals surface area contributed by atoms with Crippen molar-refractivity contribution in [1.29, 1.82) is 0 Å². The highest BCUT2D eigenvalue weighted by Gasteiger charge is 2.27. The van der Waals surface area contributed by atoms with E-state index in [0.717, 1.165) is 31.7 Å². The number of aromatic nitrogens is 4. The van der Waals surface area contributed by atoms with Crippen LogP contribution in [-0.4, -0.2) is 73.0 Å². The number of piperazine rings is 1. The first kappa shape index (κ1) is 19.8. The number of H-pyrrole nitrogens is 1. The van der Waals surface area contributed by atoms with Crippen LogP contribution < -0.4 is 5.56 Å². The molecular weight excluding hydrogens is 368 g/mol. The van der Waals surface area contributed by atoms with Gasteiger partial charge in [0.2, 0.25) is 0 Å². The van der Waals surface area contributed by atoms with Crippen molar-refractivity contribution in [1.82, 2.24) is 29.5 Å². The smallest absolute Gasteiger partial charge is 0.262 e. The summed E-state index contributed by atoms with van der Waals surface area (Å²) in [6.45, 7) is 7.96. The number of β-amino-alcohol motifs (C(OH)–C–C–N with tert-alkyl or cyclic N) is 1. The van der Waals surface area contributed by atoms with E-state index in [0.29, 0.717) is 36.0 Å². The third-order valence-electron chi connectivity index (χ3n) is 5.52. The summed E-state index contributed by atoms with van der Waals surface area (Å²) in [5.41, 5.74) is 1.30. The number of hydrogen-bond acceptors (Lipinski definition) is 6. The van der Waals surface area contributed by atoms with Crippen LogP contribution in [0.5, 0.6) is 0 Å². The molecule has 29 heavy (non-hydrogen) atoms. The Bertz CT molecular complexity index is 1010. The third kappa shape index (κ3) is 4.24. The molecule has 0 aliphatic carbocycles. The molecule has 2 N–H and O–H groups in total. The standard InChI is InChI=1S/C21H28N6O2/c1-3-16-13-25(9-10-26(16)12-15(2)28)14-19-23-20-18(21(29)24-19)11-22-27(20)17-7-5-4-6-8-17/h4-8,11,15-16,28H,3,9-10,12-14H2,1-2H3,(H,23,24,29). The summed E-state index contributed by atoms with van der Waals surface area (Å²) in [4.78, 5) is 24.9. The van der Waals surface area contributed by atoms with Crippen molar-refractivity contribution in [3.8, 4) is 5.69 Å². The second kappa shape index (κ2) is 8.44. The highest BCUT2D eigenvalue weighted by atomic mass is 16.3. The Morgan fingerprint density at radius 3 is 2.79 bits per heavy atom. The Labute approximate surface area is 169 Å². The van der Waals surface area contributed by atoms with Gasteiger partial charge in [-0.15, -0.1) is 0 Å². The summed E-state index contributed by atoms with van der Waals surface area (Å²) < 4.78 is 1.71. The summed E-state index contributed by atoms with van der Waals surface area (Å²) in [6, 6.07) is 10.1. The van der Waals surface area contributed by atoms with Crippen molar-refractivity contribution in [3.05, 3.63) is 52.7 Å². The van der Waals surface area contributed by atoms with Crippen molar-refractivity contribution >= 4 is 11.0 Å². The zero-order valence-corrected chi connectivity index (χ0v) is 17.0. The van der Waals surface area contributed by atoms with E-state index in [1.54, 1.807) is 10.9 Å². The fourth-order valence-electron chi connectivity index (χ4n) is 4.08. The van der Waals surface area contributed by atoms with E-state index in [1.807, 2.05) is 37.3 Å². The molecule has 2 atom stereocenters. The lowest BCUT2D eigenvalue weighted by Crippen LogP contribution is -2.54. The number of nitrogens with one attached hydrogen (secondary N) is 1. The minimum absolute atomic E-state index is 0.160. The van der Waals surface area contributed by atoms with E-state index < -0.39 is 0 Å². The van der Waals surface area contributed by atoms with Gasteiger partial charge in [0.25, 0.3) is 5.56 Å². The molecule has 4 rings (SSSR count). The van der Waals surface area contributed by atoms with Crippen LogP contribution in [0.25, 0.3) is 16.7 Å². The van der Waals surface area contributed by atoms with Crippen molar-refractivity contribution < 1.29 is 5.11 Å². The van der Waals surface area contributed by atoms with E-state index in [-0.39, 0.29) is 11.7 Å². The molecule has 2 unspecified atom stereocenters. The number of aliphatic hydroxyl groups excluding tert-OH is 1.